The molecule has 1 unspecified atom stereocenters. The van der Waals surface area contributed by atoms with Gasteiger partial charge in [0, 0.05) is 6.42 Å². The van der Waals surface area contributed by atoms with Gasteiger partial charge in [-0.25, -0.2) is 0 Å². The van der Waals surface area contributed by atoms with Crippen molar-refractivity contribution in [3.8, 4) is 6.07 Å². The number of nitrogens with zero attached hydrogens (tertiary/aromatic N) is 1. The number of anilines is 1. The maximum Gasteiger partial charge on any atom is 0.307 e. The normalized spacial score (nSPS) is 11.3. The van der Waals surface area contributed by atoms with Crippen molar-refractivity contribution in [2.45, 2.75) is 25.9 Å². The average molecular weight is 312 g/mol. The first-order valence-corrected chi connectivity index (χ1v) is 7.12. The number of amides is 1. The lowest BCUT2D eigenvalue weighted by Gasteiger charge is -2.14. The maximum atomic E-state index is 12.0. The SMILES string of the molecule is CC(OC(=O)CCc1ccco1)C(=O)Nc1ccccc1C#N. The van der Waals surface area contributed by atoms with Gasteiger partial charge in [0.15, 0.2) is 6.10 Å². The molecule has 2 rings (SSSR count). The van der Waals surface area contributed by atoms with Crippen LogP contribution < -0.4 is 5.32 Å². The second-order valence-electron chi connectivity index (χ2n) is 4.86. The third-order valence-corrected chi connectivity index (χ3v) is 3.14. The van der Waals surface area contributed by atoms with E-state index in [0.29, 0.717) is 23.4 Å². The zero-order valence-electron chi connectivity index (χ0n) is 12.6. The Morgan fingerprint density at radius 2 is 2.09 bits per heavy atom. The number of rotatable bonds is 6. The molecule has 0 radical (unpaired) electrons. The number of carbonyl (C=O) groups excluding carboxylic acids is 2. The van der Waals surface area contributed by atoms with E-state index in [0.717, 1.165) is 0 Å². The summed E-state index contributed by atoms with van der Waals surface area (Å²) >= 11 is 0. The van der Waals surface area contributed by atoms with Crippen LogP contribution in [-0.2, 0) is 20.7 Å². The molecule has 2 aromatic rings. The molecule has 0 fully saturated rings. The largest absolute Gasteiger partial charge is 0.469 e. The lowest BCUT2D eigenvalue weighted by molar-refractivity contribution is -0.153. The molecule has 1 heterocycles. The molecule has 6 heteroatoms. The molecule has 0 bridgehead atoms. The first-order chi connectivity index (χ1) is 11.1. The highest BCUT2D eigenvalue weighted by atomic mass is 16.5. The van der Waals surface area contributed by atoms with Gasteiger partial charge in [0.1, 0.15) is 11.8 Å². The molecule has 0 aliphatic carbocycles. The fourth-order valence-electron chi connectivity index (χ4n) is 1.91. The smallest absolute Gasteiger partial charge is 0.307 e. The Labute approximate surface area is 133 Å². The predicted octanol–water partition coefficient (Wildman–Crippen LogP) is 2.65. The maximum absolute atomic E-state index is 12.0. The van der Waals surface area contributed by atoms with Crippen LogP contribution in [0.2, 0.25) is 0 Å². The molecule has 0 saturated carbocycles. The molecule has 0 saturated heterocycles. The summed E-state index contributed by atoms with van der Waals surface area (Å²) in [7, 11) is 0. The zero-order valence-corrected chi connectivity index (χ0v) is 12.6. The Morgan fingerprint density at radius 1 is 1.30 bits per heavy atom. The van der Waals surface area contributed by atoms with Gasteiger partial charge in [-0.2, -0.15) is 5.26 Å². The number of ether oxygens (including phenoxy) is 1. The van der Waals surface area contributed by atoms with E-state index in [2.05, 4.69) is 5.32 Å². The third-order valence-electron chi connectivity index (χ3n) is 3.14. The predicted molar refractivity (Wildman–Crippen MR) is 82.4 cm³/mol. The molecule has 1 amide bonds. The minimum absolute atomic E-state index is 0.125. The fraction of sp³-hybridized carbons (Fsp3) is 0.235. The first kappa shape index (κ1) is 16.3. The van der Waals surface area contributed by atoms with E-state index in [9.17, 15) is 9.59 Å². The topological polar surface area (TPSA) is 92.3 Å². The van der Waals surface area contributed by atoms with Gasteiger partial charge < -0.3 is 14.5 Å². The zero-order chi connectivity index (χ0) is 16.7. The summed E-state index contributed by atoms with van der Waals surface area (Å²) in [5.74, 6) is -0.293. The Bertz CT molecular complexity index is 716. The van der Waals surface area contributed by atoms with Crippen LogP contribution in [0.3, 0.4) is 0 Å². The van der Waals surface area contributed by atoms with Crippen LogP contribution >= 0.6 is 0 Å². The molecule has 6 nitrogen and oxygen atoms in total. The van der Waals surface area contributed by atoms with Gasteiger partial charge in [-0.1, -0.05) is 12.1 Å². The lowest BCUT2D eigenvalue weighted by Crippen LogP contribution is -2.30. The minimum atomic E-state index is -0.953. The van der Waals surface area contributed by atoms with Crippen LogP contribution in [0.5, 0.6) is 0 Å². The summed E-state index contributed by atoms with van der Waals surface area (Å²) in [5.41, 5.74) is 0.732. The Hall–Kier alpha value is -3.07. The number of carbonyl (C=O) groups is 2. The molecule has 0 aliphatic heterocycles. The molecule has 0 spiro atoms. The van der Waals surface area contributed by atoms with Gasteiger partial charge in [0.25, 0.3) is 5.91 Å². The molecule has 0 aliphatic rings. The molecule has 118 valence electrons. The number of hydrogen-bond donors (Lipinski definition) is 1. The van der Waals surface area contributed by atoms with Gasteiger partial charge >= 0.3 is 5.97 Å². The molecule has 1 aromatic carbocycles. The van der Waals surface area contributed by atoms with Crippen molar-refractivity contribution in [3.05, 3.63) is 54.0 Å². The van der Waals surface area contributed by atoms with Crippen molar-refractivity contribution in [3.63, 3.8) is 0 Å². The monoisotopic (exact) mass is 312 g/mol. The van der Waals surface area contributed by atoms with Crippen LogP contribution in [0.4, 0.5) is 5.69 Å². The molecule has 1 aromatic heterocycles. The number of benzene rings is 1. The second-order valence-corrected chi connectivity index (χ2v) is 4.86. The number of para-hydroxylation sites is 1. The summed E-state index contributed by atoms with van der Waals surface area (Å²) in [6.45, 7) is 1.48. The molecule has 1 N–H and O–H groups in total. The average Bonchev–Trinajstić information content (AvgIpc) is 3.06. The van der Waals surface area contributed by atoms with E-state index in [4.69, 9.17) is 14.4 Å². The van der Waals surface area contributed by atoms with E-state index in [1.807, 2.05) is 6.07 Å². The van der Waals surface area contributed by atoms with Crippen LogP contribution in [0.15, 0.2) is 47.1 Å². The number of furan rings is 1. The summed E-state index contributed by atoms with van der Waals surface area (Å²) in [6, 6.07) is 12.1. The Morgan fingerprint density at radius 3 is 2.78 bits per heavy atom. The molecule has 1 atom stereocenters. The number of aryl methyl sites for hydroxylation is 1. The highest BCUT2D eigenvalue weighted by molar-refractivity contribution is 5.96. The summed E-state index contributed by atoms with van der Waals surface area (Å²) in [4.78, 5) is 23.8. The highest BCUT2D eigenvalue weighted by Gasteiger charge is 2.19. The van der Waals surface area contributed by atoms with Crippen molar-refractivity contribution in [1.29, 1.82) is 5.26 Å². The van der Waals surface area contributed by atoms with Gasteiger partial charge in [0.05, 0.1) is 23.9 Å². The third kappa shape index (κ3) is 4.71. The van der Waals surface area contributed by atoms with Gasteiger partial charge in [-0.05, 0) is 31.2 Å². The van der Waals surface area contributed by atoms with Crippen LogP contribution in [0.25, 0.3) is 0 Å². The summed E-state index contributed by atoms with van der Waals surface area (Å²) in [5, 5.41) is 11.6. The van der Waals surface area contributed by atoms with Crippen LogP contribution in [0, 0.1) is 11.3 Å². The lowest BCUT2D eigenvalue weighted by atomic mass is 10.2. The number of nitriles is 1. The number of hydrogen-bond acceptors (Lipinski definition) is 5. The fourth-order valence-corrected chi connectivity index (χ4v) is 1.91. The van der Waals surface area contributed by atoms with Crippen molar-refractivity contribution in [1.82, 2.24) is 0 Å². The Balaban J connectivity index is 1.85. The Kier molecular flexibility index (Phi) is 5.53. The van der Waals surface area contributed by atoms with E-state index in [1.54, 1.807) is 36.4 Å². The van der Waals surface area contributed by atoms with Crippen molar-refractivity contribution < 1.29 is 18.7 Å². The van der Waals surface area contributed by atoms with E-state index in [1.165, 1.54) is 13.2 Å². The number of esters is 1. The standard InChI is InChI=1S/C17H16N2O4/c1-12(23-16(20)9-8-14-6-4-10-22-14)17(21)19-15-7-3-2-5-13(15)11-18/h2-7,10,12H,8-9H2,1H3,(H,19,21). The quantitative estimate of drug-likeness (QED) is 0.828. The number of nitrogens with one attached hydrogen (secondary N) is 1. The highest BCUT2D eigenvalue weighted by Crippen LogP contribution is 2.14. The van der Waals surface area contributed by atoms with Gasteiger partial charge in [-0.3, -0.25) is 9.59 Å². The first-order valence-electron chi connectivity index (χ1n) is 7.12. The molecular weight excluding hydrogens is 296 g/mol. The van der Waals surface area contributed by atoms with Gasteiger partial charge in [0.2, 0.25) is 0 Å². The van der Waals surface area contributed by atoms with Crippen LogP contribution in [-0.4, -0.2) is 18.0 Å². The minimum Gasteiger partial charge on any atom is -0.469 e. The van der Waals surface area contributed by atoms with Gasteiger partial charge in [-0.15, -0.1) is 0 Å². The summed E-state index contributed by atoms with van der Waals surface area (Å²) in [6.07, 6.45) is 1.12. The van der Waals surface area contributed by atoms with E-state index >= 15 is 0 Å². The second kappa shape index (κ2) is 7.80. The molecular formula is C17H16N2O4. The van der Waals surface area contributed by atoms with Crippen molar-refractivity contribution in [2.75, 3.05) is 5.32 Å². The van der Waals surface area contributed by atoms with Crippen molar-refractivity contribution in [2.24, 2.45) is 0 Å². The van der Waals surface area contributed by atoms with Crippen molar-refractivity contribution >= 4 is 17.6 Å². The summed E-state index contributed by atoms with van der Waals surface area (Å²) < 4.78 is 10.2. The van der Waals surface area contributed by atoms with E-state index < -0.39 is 18.0 Å². The van der Waals surface area contributed by atoms with E-state index in [-0.39, 0.29) is 6.42 Å². The van der Waals surface area contributed by atoms with Crippen LogP contribution in [0.1, 0.15) is 24.7 Å². The molecule has 23 heavy (non-hydrogen) atoms.